The zero-order valence-corrected chi connectivity index (χ0v) is 22.0. The Morgan fingerprint density at radius 2 is 2.08 bits per heavy atom. The number of anilines is 2. The lowest BCUT2D eigenvalue weighted by molar-refractivity contribution is -0.122. The Labute approximate surface area is 225 Å². The monoisotopic (exact) mass is 550 g/mol. The van der Waals surface area contributed by atoms with Gasteiger partial charge in [-0.2, -0.15) is 5.26 Å². The molecule has 0 bridgehead atoms. The van der Waals surface area contributed by atoms with Crippen molar-refractivity contribution in [2.75, 3.05) is 30.8 Å². The van der Waals surface area contributed by atoms with Crippen LogP contribution in [0.5, 0.6) is 0 Å². The van der Waals surface area contributed by atoms with Gasteiger partial charge in [0.25, 0.3) is 0 Å². The molecule has 10 nitrogen and oxygen atoms in total. The molecular formula is C26H24F2N8O2S. The summed E-state index contributed by atoms with van der Waals surface area (Å²) in [7, 11) is 1.85. The predicted octanol–water partition coefficient (Wildman–Crippen LogP) is 3.05. The Hall–Kier alpha value is -3.99. The highest BCUT2D eigenvalue weighted by atomic mass is 32.1. The minimum absolute atomic E-state index is 0.0470. The first-order chi connectivity index (χ1) is 18.7. The van der Waals surface area contributed by atoms with E-state index in [2.05, 4.69) is 15.0 Å². The number of nitriles is 1. The number of nitrogens with two attached hydrogens (primary N) is 2. The summed E-state index contributed by atoms with van der Waals surface area (Å²) in [5.41, 5.74) is 13.2. The molecule has 0 aliphatic carbocycles. The summed E-state index contributed by atoms with van der Waals surface area (Å²) in [6.45, 7) is 3.27. The molecule has 39 heavy (non-hydrogen) atoms. The maximum absolute atomic E-state index is 16.5. The molecule has 6 rings (SSSR count). The fourth-order valence-electron chi connectivity index (χ4n) is 5.46. The number of hydrogen-bond donors (Lipinski definition) is 2. The van der Waals surface area contributed by atoms with Crippen LogP contribution in [-0.4, -0.2) is 58.0 Å². The molecule has 1 amide bonds. The number of pyridine rings is 1. The van der Waals surface area contributed by atoms with Gasteiger partial charge in [-0.1, -0.05) is 0 Å². The molecule has 0 spiro atoms. The maximum atomic E-state index is 16.5. The number of ether oxygens (including phenoxy) is 1. The van der Waals surface area contributed by atoms with Crippen molar-refractivity contribution >= 4 is 49.2 Å². The van der Waals surface area contributed by atoms with E-state index in [-0.39, 0.29) is 56.7 Å². The number of carbonyl (C=O) groups is 1. The van der Waals surface area contributed by atoms with Crippen LogP contribution in [0, 0.1) is 23.0 Å². The Morgan fingerprint density at radius 1 is 1.31 bits per heavy atom. The van der Waals surface area contributed by atoms with Crippen LogP contribution in [0.2, 0.25) is 0 Å². The van der Waals surface area contributed by atoms with Gasteiger partial charge in [-0.15, -0.1) is 11.3 Å². The van der Waals surface area contributed by atoms with Crippen molar-refractivity contribution in [1.29, 1.82) is 5.26 Å². The molecule has 2 atom stereocenters. The highest BCUT2D eigenvalue weighted by molar-refractivity contribution is 7.23. The molecule has 3 aromatic heterocycles. The summed E-state index contributed by atoms with van der Waals surface area (Å²) < 4.78 is 37.0. The second kappa shape index (κ2) is 9.33. The smallest absolute Gasteiger partial charge is 0.234 e. The van der Waals surface area contributed by atoms with E-state index in [1.807, 2.05) is 22.9 Å². The van der Waals surface area contributed by atoms with Gasteiger partial charge >= 0.3 is 0 Å². The van der Waals surface area contributed by atoms with Crippen molar-refractivity contribution in [3.63, 3.8) is 0 Å². The van der Waals surface area contributed by atoms with Crippen LogP contribution in [0.3, 0.4) is 0 Å². The number of amides is 1. The molecule has 1 fully saturated rings. The third kappa shape index (κ3) is 3.86. The molecule has 13 heteroatoms. The minimum atomic E-state index is -0.651. The van der Waals surface area contributed by atoms with Gasteiger partial charge in [-0.25, -0.2) is 18.7 Å². The number of likely N-dealkylation sites (N-methyl/N-ethyl adjacent to an activating group) is 1. The molecule has 2 aliphatic rings. The quantitative estimate of drug-likeness (QED) is 0.383. The number of nitrogens with zero attached hydrogens (tertiary/aromatic N) is 6. The lowest BCUT2D eigenvalue weighted by Gasteiger charge is -2.28. The molecule has 2 aliphatic heterocycles. The number of halogens is 2. The summed E-state index contributed by atoms with van der Waals surface area (Å²) >= 11 is 0.928. The normalized spacial score (nSPS) is 17.7. The third-order valence-corrected chi connectivity index (χ3v) is 8.80. The highest BCUT2D eigenvalue weighted by Gasteiger charge is 2.33. The van der Waals surface area contributed by atoms with Crippen LogP contribution in [-0.2, 0) is 22.7 Å². The van der Waals surface area contributed by atoms with E-state index in [9.17, 15) is 14.4 Å². The third-order valence-electron chi connectivity index (χ3n) is 7.78. The number of nitrogen functional groups attached to an aromatic ring is 1. The molecule has 5 heterocycles. The van der Waals surface area contributed by atoms with Crippen molar-refractivity contribution < 1.29 is 18.3 Å². The maximum Gasteiger partial charge on any atom is 0.234 e. The number of fused-ring (bicyclic) bond motifs is 4. The van der Waals surface area contributed by atoms with E-state index < -0.39 is 23.6 Å². The fourth-order valence-corrected chi connectivity index (χ4v) is 6.38. The molecule has 1 aromatic carbocycles. The van der Waals surface area contributed by atoms with E-state index >= 15 is 4.39 Å². The van der Waals surface area contributed by atoms with Crippen molar-refractivity contribution in [3.05, 3.63) is 40.7 Å². The Morgan fingerprint density at radius 3 is 2.82 bits per heavy atom. The predicted molar refractivity (Wildman–Crippen MR) is 143 cm³/mol. The summed E-state index contributed by atoms with van der Waals surface area (Å²) in [5, 5.41) is 10.6. The number of hydrogen-bond acceptors (Lipinski definition) is 10. The molecule has 4 aromatic rings. The van der Waals surface area contributed by atoms with E-state index in [1.54, 1.807) is 13.1 Å². The Kier molecular flexibility index (Phi) is 6.05. The first-order valence-corrected chi connectivity index (χ1v) is 13.1. The van der Waals surface area contributed by atoms with Gasteiger partial charge in [-0.05, 0) is 31.5 Å². The van der Waals surface area contributed by atoms with Gasteiger partial charge in [0.1, 0.15) is 16.6 Å². The summed E-state index contributed by atoms with van der Waals surface area (Å²) in [6.07, 6.45) is 3.37. The van der Waals surface area contributed by atoms with Crippen molar-refractivity contribution in [2.24, 2.45) is 5.73 Å². The minimum Gasteiger partial charge on any atom is -0.389 e. The number of rotatable bonds is 5. The molecule has 1 saturated heterocycles. The van der Waals surface area contributed by atoms with Crippen molar-refractivity contribution in [2.45, 2.75) is 38.6 Å². The Balaban J connectivity index is 1.49. The second-order valence-corrected chi connectivity index (χ2v) is 10.9. The zero-order valence-electron chi connectivity index (χ0n) is 21.2. The second-order valence-electron chi connectivity index (χ2n) is 9.82. The number of benzene rings is 1. The van der Waals surface area contributed by atoms with Gasteiger partial charge in [-0.3, -0.25) is 14.7 Å². The highest BCUT2D eigenvalue weighted by Crippen LogP contribution is 2.45. The van der Waals surface area contributed by atoms with Crippen LogP contribution < -0.4 is 16.4 Å². The average molecular weight is 551 g/mol. The zero-order chi connectivity index (χ0) is 27.6. The Bertz CT molecular complexity index is 1720. The van der Waals surface area contributed by atoms with Crippen molar-refractivity contribution in [1.82, 2.24) is 19.9 Å². The van der Waals surface area contributed by atoms with Gasteiger partial charge in [0, 0.05) is 41.7 Å². The lowest BCUT2D eigenvalue weighted by Crippen LogP contribution is -2.46. The van der Waals surface area contributed by atoms with E-state index in [0.717, 1.165) is 29.5 Å². The van der Waals surface area contributed by atoms with Crippen LogP contribution in [0.15, 0.2) is 12.4 Å². The molecule has 200 valence electrons. The van der Waals surface area contributed by atoms with E-state index in [1.165, 1.54) is 0 Å². The van der Waals surface area contributed by atoms with Crippen LogP contribution >= 0.6 is 11.3 Å². The number of carbonyl (C=O) groups excluding carboxylic acids is 1. The number of primary amides is 1. The van der Waals surface area contributed by atoms with Crippen LogP contribution in [0.1, 0.15) is 30.0 Å². The van der Waals surface area contributed by atoms with Crippen LogP contribution in [0.4, 0.5) is 19.7 Å². The first kappa shape index (κ1) is 25.3. The van der Waals surface area contributed by atoms with Gasteiger partial charge in [0.15, 0.2) is 11.6 Å². The SMILES string of the molecule is CC(C(N)=O)N(C)[C@H]1CCN(c2ncc3c4c(c(-c5ncc(F)c6sc(N)c(C#N)c56)c(F)c3n2)COC4)C1. The fraction of sp³-hybridized carbons (Fsp3) is 0.346. The lowest BCUT2D eigenvalue weighted by atomic mass is 9.94. The van der Waals surface area contributed by atoms with Crippen molar-refractivity contribution in [3.8, 4) is 17.3 Å². The topological polar surface area (TPSA) is 147 Å². The average Bonchev–Trinajstić information content (AvgIpc) is 3.67. The molecule has 0 saturated carbocycles. The number of thiophene rings is 1. The number of aromatic nitrogens is 3. The van der Waals surface area contributed by atoms with Gasteiger partial charge < -0.3 is 21.1 Å². The summed E-state index contributed by atoms with van der Waals surface area (Å²) in [5.74, 6) is -1.34. The van der Waals surface area contributed by atoms with E-state index in [0.29, 0.717) is 30.0 Å². The van der Waals surface area contributed by atoms with E-state index in [4.69, 9.17) is 16.2 Å². The summed E-state index contributed by atoms with van der Waals surface area (Å²) in [4.78, 5) is 28.9. The molecule has 4 N–H and O–H groups in total. The van der Waals surface area contributed by atoms with Gasteiger partial charge in [0.05, 0.1) is 41.4 Å². The standard InChI is InChI=1S/C26H24F2N8O2S/c1-11(24(30)37)35(2)12-3-4-36(8-12)26-33-6-14-15-9-38-10-16(15)18(20(28)21(14)34-26)22-19-13(5-29)25(31)39-23(19)17(27)7-32-22/h6-7,11-12H,3-4,8-10,31H2,1-2H3,(H2,30,37)/t11?,12-/m0/s1. The largest absolute Gasteiger partial charge is 0.389 e. The molecule has 0 radical (unpaired) electrons. The van der Waals surface area contributed by atoms with Gasteiger partial charge in [0.2, 0.25) is 11.9 Å². The van der Waals surface area contributed by atoms with Crippen LogP contribution in [0.25, 0.3) is 32.2 Å². The molecular weight excluding hydrogens is 526 g/mol. The molecule has 1 unspecified atom stereocenters. The summed E-state index contributed by atoms with van der Waals surface area (Å²) in [6, 6.07) is 1.63. The first-order valence-electron chi connectivity index (χ1n) is 12.3.